The maximum Gasteiger partial charge on any atom is 0.251 e. The molecule has 1 aliphatic heterocycles. The highest BCUT2D eigenvalue weighted by Crippen LogP contribution is 2.42. The predicted molar refractivity (Wildman–Crippen MR) is 87.8 cm³/mol. The van der Waals surface area contributed by atoms with Crippen LogP contribution in [0.15, 0.2) is 41.2 Å². The highest BCUT2D eigenvalue weighted by atomic mass is 16.1. The second-order valence-corrected chi connectivity index (χ2v) is 6.94. The summed E-state index contributed by atoms with van der Waals surface area (Å²) in [7, 11) is 0. The fraction of sp³-hybridized carbons (Fsp3) is 0.444. The molecule has 1 atom stereocenters. The van der Waals surface area contributed by atoms with Crippen LogP contribution in [0.1, 0.15) is 36.8 Å². The zero-order valence-electron chi connectivity index (χ0n) is 13.5. The maximum atomic E-state index is 11.6. The molecule has 22 heavy (non-hydrogen) atoms. The molecule has 4 heteroatoms. The van der Waals surface area contributed by atoms with Crippen molar-refractivity contribution >= 4 is 0 Å². The van der Waals surface area contributed by atoms with Crippen LogP contribution in [-0.4, -0.2) is 28.0 Å². The predicted octanol–water partition coefficient (Wildman–Crippen LogP) is 2.70. The SMILES string of the molecule is Cc1nc(CN2CC(c3ccccc3)C(C)(C)C2)cc(=O)[nH]1. The van der Waals surface area contributed by atoms with Crippen molar-refractivity contribution in [2.45, 2.75) is 33.2 Å². The molecule has 4 nitrogen and oxygen atoms in total. The van der Waals surface area contributed by atoms with Crippen LogP contribution in [0.2, 0.25) is 0 Å². The van der Waals surface area contributed by atoms with Gasteiger partial charge in [0.05, 0.1) is 5.69 Å². The highest BCUT2D eigenvalue weighted by molar-refractivity contribution is 5.24. The summed E-state index contributed by atoms with van der Waals surface area (Å²) >= 11 is 0. The third-order valence-electron chi connectivity index (χ3n) is 4.52. The van der Waals surface area contributed by atoms with Crippen LogP contribution in [0, 0.1) is 12.3 Å². The summed E-state index contributed by atoms with van der Waals surface area (Å²) in [5.41, 5.74) is 2.40. The molecule has 1 aromatic carbocycles. The van der Waals surface area contributed by atoms with Gasteiger partial charge in [-0.1, -0.05) is 44.2 Å². The second-order valence-electron chi connectivity index (χ2n) is 6.94. The first-order chi connectivity index (χ1) is 10.4. The van der Waals surface area contributed by atoms with Gasteiger partial charge in [0.15, 0.2) is 0 Å². The van der Waals surface area contributed by atoms with Gasteiger partial charge in [0.1, 0.15) is 5.82 Å². The molecule has 1 unspecified atom stereocenters. The summed E-state index contributed by atoms with van der Waals surface area (Å²) in [6, 6.07) is 12.3. The number of rotatable bonds is 3. The van der Waals surface area contributed by atoms with E-state index in [1.165, 1.54) is 5.56 Å². The molecule has 1 saturated heterocycles. The molecule has 116 valence electrons. The van der Waals surface area contributed by atoms with E-state index in [0.717, 1.165) is 25.3 Å². The van der Waals surface area contributed by atoms with Crippen LogP contribution in [0.4, 0.5) is 0 Å². The molecule has 1 aromatic heterocycles. The monoisotopic (exact) mass is 297 g/mol. The topological polar surface area (TPSA) is 49.0 Å². The minimum absolute atomic E-state index is 0.0689. The van der Waals surface area contributed by atoms with E-state index >= 15 is 0 Å². The average molecular weight is 297 g/mol. The van der Waals surface area contributed by atoms with Crippen molar-refractivity contribution in [3.63, 3.8) is 0 Å². The number of likely N-dealkylation sites (tertiary alicyclic amines) is 1. The molecule has 2 heterocycles. The van der Waals surface area contributed by atoms with Crippen molar-refractivity contribution in [3.05, 3.63) is 63.8 Å². The zero-order valence-corrected chi connectivity index (χ0v) is 13.5. The first kappa shape index (κ1) is 15.0. The van der Waals surface area contributed by atoms with Crippen LogP contribution in [0.25, 0.3) is 0 Å². The van der Waals surface area contributed by atoms with Gasteiger partial charge in [-0.05, 0) is 17.9 Å². The smallest absolute Gasteiger partial charge is 0.251 e. The Morgan fingerprint density at radius 3 is 2.73 bits per heavy atom. The van der Waals surface area contributed by atoms with Gasteiger partial charge in [0, 0.05) is 31.6 Å². The highest BCUT2D eigenvalue weighted by Gasteiger charge is 2.39. The molecule has 3 rings (SSSR count). The minimum Gasteiger partial charge on any atom is -0.311 e. The van der Waals surface area contributed by atoms with Gasteiger partial charge in [0.25, 0.3) is 5.56 Å². The third-order valence-corrected chi connectivity index (χ3v) is 4.52. The molecule has 2 aromatic rings. The standard InChI is InChI=1S/C18H23N3O/c1-13-19-15(9-17(22)20-13)10-21-11-16(18(2,3)12-21)14-7-5-4-6-8-14/h4-9,16H,10-12H2,1-3H3,(H,19,20,22). The summed E-state index contributed by atoms with van der Waals surface area (Å²) in [5, 5.41) is 0. The lowest BCUT2D eigenvalue weighted by atomic mass is 9.78. The van der Waals surface area contributed by atoms with Crippen molar-refractivity contribution in [2.75, 3.05) is 13.1 Å². The average Bonchev–Trinajstić information content (AvgIpc) is 2.73. The first-order valence-electron chi connectivity index (χ1n) is 7.78. The summed E-state index contributed by atoms with van der Waals surface area (Å²) in [5.74, 6) is 1.19. The van der Waals surface area contributed by atoms with Gasteiger partial charge in [0.2, 0.25) is 0 Å². The molecule has 0 radical (unpaired) electrons. The van der Waals surface area contributed by atoms with Crippen molar-refractivity contribution in [1.82, 2.24) is 14.9 Å². The number of aryl methyl sites for hydroxylation is 1. The number of aromatic amines is 1. The van der Waals surface area contributed by atoms with Gasteiger partial charge in [-0.3, -0.25) is 9.69 Å². The van der Waals surface area contributed by atoms with E-state index in [2.05, 4.69) is 59.0 Å². The fourth-order valence-corrected chi connectivity index (χ4v) is 3.57. The Kier molecular flexibility index (Phi) is 3.87. The van der Waals surface area contributed by atoms with Gasteiger partial charge < -0.3 is 4.98 Å². The van der Waals surface area contributed by atoms with Crippen LogP contribution < -0.4 is 5.56 Å². The van der Waals surface area contributed by atoms with E-state index in [1.54, 1.807) is 6.07 Å². The number of hydrogen-bond donors (Lipinski definition) is 1. The quantitative estimate of drug-likeness (QED) is 0.947. The number of benzene rings is 1. The molecule has 0 aliphatic carbocycles. The Morgan fingerprint density at radius 1 is 1.32 bits per heavy atom. The summed E-state index contributed by atoms with van der Waals surface area (Å²) in [6.45, 7) is 9.22. The van der Waals surface area contributed by atoms with Crippen LogP contribution in [-0.2, 0) is 6.54 Å². The Bertz CT molecular complexity index is 706. The van der Waals surface area contributed by atoms with Crippen molar-refractivity contribution < 1.29 is 0 Å². The fourth-order valence-electron chi connectivity index (χ4n) is 3.57. The van der Waals surface area contributed by atoms with Gasteiger partial charge in [-0.25, -0.2) is 4.98 Å². The molecular formula is C18H23N3O. The van der Waals surface area contributed by atoms with Crippen LogP contribution in [0.3, 0.4) is 0 Å². The Hall–Kier alpha value is -1.94. The van der Waals surface area contributed by atoms with Crippen molar-refractivity contribution in [3.8, 4) is 0 Å². The molecule has 1 N–H and O–H groups in total. The van der Waals surface area contributed by atoms with Crippen LogP contribution >= 0.6 is 0 Å². The Balaban J connectivity index is 1.79. The third kappa shape index (κ3) is 3.12. The summed E-state index contributed by atoms with van der Waals surface area (Å²) in [4.78, 5) is 21.1. The Labute approximate surface area is 131 Å². The number of nitrogens with zero attached hydrogens (tertiary/aromatic N) is 2. The van der Waals surface area contributed by atoms with Gasteiger partial charge in [-0.2, -0.15) is 0 Å². The molecule has 0 spiro atoms. The number of H-pyrrole nitrogens is 1. The summed E-state index contributed by atoms with van der Waals surface area (Å²) < 4.78 is 0. The largest absolute Gasteiger partial charge is 0.311 e. The van der Waals surface area contributed by atoms with E-state index in [1.807, 2.05) is 6.92 Å². The molecule has 0 saturated carbocycles. The Morgan fingerprint density at radius 2 is 2.05 bits per heavy atom. The van der Waals surface area contributed by atoms with E-state index < -0.39 is 0 Å². The lowest BCUT2D eigenvalue weighted by molar-refractivity contribution is 0.279. The lowest BCUT2D eigenvalue weighted by Gasteiger charge is -2.26. The minimum atomic E-state index is -0.0689. The molecule has 0 amide bonds. The van der Waals surface area contributed by atoms with Crippen molar-refractivity contribution in [1.29, 1.82) is 0 Å². The number of aromatic nitrogens is 2. The summed E-state index contributed by atoms with van der Waals surface area (Å²) in [6.07, 6.45) is 0. The number of hydrogen-bond acceptors (Lipinski definition) is 3. The molecule has 0 bridgehead atoms. The molecule has 1 fully saturated rings. The maximum absolute atomic E-state index is 11.6. The zero-order chi connectivity index (χ0) is 15.7. The van der Waals surface area contributed by atoms with E-state index in [0.29, 0.717) is 11.7 Å². The van der Waals surface area contributed by atoms with E-state index in [4.69, 9.17) is 0 Å². The van der Waals surface area contributed by atoms with E-state index in [-0.39, 0.29) is 11.0 Å². The van der Waals surface area contributed by atoms with Gasteiger partial charge in [-0.15, -0.1) is 0 Å². The molecular weight excluding hydrogens is 274 g/mol. The number of nitrogens with one attached hydrogen (secondary N) is 1. The van der Waals surface area contributed by atoms with Gasteiger partial charge >= 0.3 is 0 Å². The normalized spacial score (nSPS) is 21.1. The first-order valence-corrected chi connectivity index (χ1v) is 7.78. The van der Waals surface area contributed by atoms with Crippen molar-refractivity contribution in [2.24, 2.45) is 5.41 Å². The molecule has 1 aliphatic rings. The lowest BCUT2D eigenvalue weighted by Crippen LogP contribution is -2.24. The van der Waals surface area contributed by atoms with Crippen LogP contribution in [0.5, 0.6) is 0 Å². The van der Waals surface area contributed by atoms with E-state index in [9.17, 15) is 4.79 Å². The second kappa shape index (κ2) is 5.69.